The first-order chi connectivity index (χ1) is 11.9. The van der Waals surface area contributed by atoms with Gasteiger partial charge < -0.3 is 9.88 Å². The second-order valence-corrected chi connectivity index (χ2v) is 6.38. The Balaban J connectivity index is 2.11. The Morgan fingerprint density at radius 1 is 1.12 bits per heavy atom. The van der Waals surface area contributed by atoms with Crippen LogP contribution in [0.25, 0.3) is 10.9 Å². The predicted molar refractivity (Wildman–Crippen MR) is 102 cm³/mol. The zero-order valence-corrected chi connectivity index (χ0v) is 15.0. The minimum absolute atomic E-state index is 0.167. The van der Waals surface area contributed by atoms with Gasteiger partial charge in [0.25, 0.3) is 5.91 Å². The highest BCUT2D eigenvalue weighted by Crippen LogP contribution is 2.19. The number of anilines is 1. The highest BCUT2D eigenvalue weighted by Gasteiger charge is 2.16. The van der Waals surface area contributed by atoms with Crippen molar-refractivity contribution in [3.63, 3.8) is 0 Å². The number of nitrogens with one attached hydrogen (secondary N) is 1. The van der Waals surface area contributed by atoms with E-state index in [1.807, 2.05) is 68.7 Å². The smallest absolute Gasteiger partial charge is 0.261 e. The van der Waals surface area contributed by atoms with Gasteiger partial charge in [0.1, 0.15) is 5.56 Å². The van der Waals surface area contributed by atoms with E-state index in [0.717, 1.165) is 27.9 Å². The summed E-state index contributed by atoms with van der Waals surface area (Å²) < 4.78 is 1.94. The molecule has 3 rings (SSSR count). The average Bonchev–Trinajstić information content (AvgIpc) is 2.59. The molecule has 128 valence electrons. The second-order valence-electron chi connectivity index (χ2n) is 6.38. The van der Waals surface area contributed by atoms with Crippen molar-refractivity contribution in [2.24, 2.45) is 0 Å². The molecule has 1 amide bonds. The number of aryl methyl sites for hydroxylation is 3. The summed E-state index contributed by atoms with van der Waals surface area (Å²) in [5.74, 6) is -0.371. The maximum absolute atomic E-state index is 12.9. The third-order valence-electron chi connectivity index (χ3n) is 4.67. The van der Waals surface area contributed by atoms with E-state index in [9.17, 15) is 9.59 Å². The van der Waals surface area contributed by atoms with Crippen molar-refractivity contribution < 1.29 is 4.79 Å². The molecule has 1 aromatic heterocycles. The van der Waals surface area contributed by atoms with E-state index in [4.69, 9.17) is 0 Å². The quantitative estimate of drug-likeness (QED) is 0.780. The standard InChI is InChI=1S/C21H22N2O2/c1-5-23-12-17(20(24)16-11-13(2)9-10-19(16)23)21(25)22-18-8-6-7-14(3)15(18)4/h6-12H,5H2,1-4H3,(H,22,25). The Bertz CT molecular complexity index is 1030. The molecule has 1 heterocycles. The highest BCUT2D eigenvalue weighted by atomic mass is 16.2. The lowest BCUT2D eigenvalue weighted by Crippen LogP contribution is -2.24. The van der Waals surface area contributed by atoms with Gasteiger partial charge in [-0.25, -0.2) is 0 Å². The largest absolute Gasteiger partial charge is 0.347 e. The van der Waals surface area contributed by atoms with E-state index >= 15 is 0 Å². The lowest BCUT2D eigenvalue weighted by atomic mass is 10.1. The molecule has 0 spiro atoms. The molecular weight excluding hydrogens is 312 g/mol. The van der Waals surface area contributed by atoms with Crippen molar-refractivity contribution in [1.29, 1.82) is 0 Å². The number of rotatable bonds is 3. The summed E-state index contributed by atoms with van der Waals surface area (Å²) in [6, 6.07) is 11.5. The van der Waals surface area contributed by atoms with E-state index in [1.54, 1.807) is 6.20 Å². The summed E-state index contributed by atoms with van der Waals surface area (Å²) in [7, 11) is 0. The number of nitrogens with zero attached hydrogens (tertiary/aromatic N) is 1. The molecule has 0 aliphatic carbocycles. The Morgan fingerprint density at radius 3 is 2.60 bits per heavy atom. The van der Waals surface area contributed by atoms with Crippen LogP contribution in [0, 0.1) is 20.8 Å². The van der Waals surface area contributed by atoms with Crippen LogP contribution >= 0.6 is 0 Å². The van der Waals surface area contributed by atoms with Gasteiger partial charge in [0.15, 0.2) is 0 Å². The molecule has 1 N–H and O–H groups in total. The first-order valence-corrected chi connectivity index (χ1v) is 8.43. The van der Waals surface area contributed by atoms with Crippen LogP contribution in [-0.2, 0) is 6.54 Å². The molecule has 0 aliphatic rings. The summed E-state index contributed by atoms with van der Waals surface area (Å²) in [6.45, 7) is 8.57. The normalized spacial score (nSPS) is 10.9. The van der Waals surface area contributed by atoms with Gasteiger partial charge in [0.05, 0.1) is 5.52 Å². The molecule has 0 bridgehead atoms. The SMILES string of the molecule is CCn1cc(C(=O)Nc2cccc(C)c2C)c(=O)c2cc(C)ccc21. The van der Waals surface area contributed by atoms with Gasteiger partial charge in [-0.2, -0.15) is 0 Å². The Hall–Kier alpha value is -2.88. The van der Waals surface area contributed by atoms with Crippen LogP contribution in [0.4, 0.5) is 5.69 Å². The number of carbonyl (C=O) groups is 1. The van der Waals surface area contributed by atoms with Gasteiger partial charge in [0, 0.05) is 23.8 Å². The summed E-state index contributed by atoms with van der Waals surface area (Å²) in [4.78, 5) is 25.6. The molecule has 0 saturated carbocycles. The minimum atomic E-state index is -0.371. The lowest BCUT2D eigenvalue weighted by Gasteiger charge is -2.13. The van der Waals surface area contributed by atoms with Crippen LogP contribution in [-0.4, -0.2) is 10.5 Å². The first kappa shape index (κ1) is 17.0. The fourth-order valence-corrected chi connectivity index (χ4v) is 3.01. The van der Waals surface area contributed by atoms with Gasteiger partial charge in [-0.05, 0) is 57.0 Å². The molecule has 2 aromatic carbocycles. The number of pyridine rings is 1. The molecule has 4 nitrogen and oxygen atoms in total. The number of aromatic nitrogens is 1. The molecule has 25 heavy (non-hydrogen) atoms. The Kier molecular flexibility index (Phi) is 4.45. The van der Waals surface area contributed by atoms with Gasteiger partial charge in [-0.3, -0.25) is 9.59 Å². The summed E-state index contributed by atoms with van der Waals surface area (Å²) in [5.41, 5.74) is 4.62. The van der Waals surface area contributed by atoms with Crippen LogP contribution in [0.15, 0.2) is 47.4 Å². The van der Waals surface area contributed by atoms with Crippen molar-refractivity contribution in [2.45, 2.75) is 34.2 Å². The van der Waals surface area contributed by atoms with Crippen LogP contribution in [0.2, 0.25) is 0 Å². The van der Waals surface area contributed by atoms with Crippen LogP contribution in [0.1, 0.15) is 34.0 Å². The number of amides is 1. The highest BCUT2D eigenvalue weighted by molar-refractivity contribution is 6.06. The fourth-order valence-electron chi connectivity index (χ4n) is 3.01. The van der Waals surface area contributed by atoms with Crippen molar-refractivity contribution in [3.8, 4) is 0 Å². The molecule has 0 radical (unpaired) electrons. The summed E-state index contributed by atoms with van der Waals surface area (Å²) in [5, 5.41) is 3.47. The van der Waals surface area contributed by atoms with Crippen molar-refractivity contribution in [1.82, 2.24) is 4.57 Å². The fraction of sp³-hybridized carbons (Fsp3) is 0.238. The Morgan fingerprint density at radius 2 is 1.88 bits per heavy atom. The van der Waals surface area contributed by atoms with Crippen LogP contribution in [0.5, 0.6) is 0 Å². The number of carbonyl (C=O) groups excluding carboxylic acids is 1. The third-order valence-corrected chi connectivity index (χ3v) is 4.67. The van der Waals surface area contributed by atoms with E-state index in [-0.39, 0.29) is 16.9 Å². The first-order valence-electron chi connectivity index (χ1n) is 8.43. The predicted octanol–water partition coefficient (Wildman–Crippen LogP) is 4.20. The topological polar surface area (TPSA) is 51.1 Å². The van der Waals surface area contributed by atoms with Gasteiger partial charge in [-0.1, -0.05) is 23.8 Å². The van der Waals surface area contributed by atoms with E-state index in [1.165, 1.54) is 0 Å². The molecular formula is C21H22N2O2. The van der Waals surface area contributed by atoms with E-state index in [2.05, 4.69) is 5.32 Å². The zero-order chi connectivity index (χ0) is 18.1. The van der Waals surface area contributed by atoms with Gasteiger partial charge >= 0.3 is 0 Å². The maximum atomic E-state index is 12.9. The summed E-state index contributed by atoms with van der Waals surface area (Å²) in [6.07, 6.45) is 1.65. The molecule has 4 heteroatoms. The minimum Gasteiger partial charge on any atom is -0.347 e. The maximum Gasteiger partial charge on any atom is 0.261 e. The second kappa shape index (κ2) is 6.55. The zero-order valence-electron chi connectivity index (χ0n) is 15.0. The molecule has 0 atom stereocenters. The Labute approximate surface area is 147 Å². The number of benzene rings is 2. The number of hydrogen-bond donors (Lipinski definition) is 1. The van der Waals surface area contributed by atoms with Crippen molar-refractivity contribution in [3.05, 3.63) is 75.1 Å². The van der Waals surface area contributed by atoms with Gasteiger partial charge in [0.2, 0.25) is 5.43 Å². The molecule has 0 fully saturated rings. The van der Waals surface area contributed by atoms with Crippen molar-refractivity contribution >= 4 is 22.5 Å². The lowest BCUT2D eigenvalue weighted by molar-refractivity contribution is 0.102. The van der Waals surface area contributed by atoms with E-state index < -0.39 is 0 Å². The van der Waals surface area contributed by atoms with E-state index in [0.29, 0.717) is 11.9 Å². The number of fused-ring (bicyclic) bond motifs is 1. The molecule has 0 aliphatic heterocycles. The van der Waals surface area contributed by atoms with Crippen LogP contribution in [0.3, 0.4) is 0 Å². The van der Waals surface area contributed by atoms with Crippen molar-refractivity contribution in [2.75, 3.05) is 5.32 Å². The average molecular weight is 334 g/mol. The molecule has 0 saturated heterocycles. The molecule has 3 aromatic rings. The summed E-state index contributed by atoms with van der Waals surface area (Å²) >= 11 is 0. The monoisotopic (exact) mass is 334 g/mol. The molecule has 0 unspecified atom stereocenters. The van der Waals surface area contributed by atoms with Gasteiger partial charge in [-0.15, -0.1) is 0 Å². The van der Waals surface area contributed by atoms with Crippen LogP contribution < -0.4 is 10.7 Å². The third kappa shape index (κ3) is 3.07. The number of hydrogen-bond acceptors (Lipinski definition) is 2.